The lowest BCUT2D eigenvalue weighted by Gasteiger charge is -2.17. The molecule has 2 nitrogen and oxygen atoms in total. The zero-order valence-electron chi connectivity index (χ0n) is 5.81. The molecule has 0 aliphatic carbocycles. The average molecular weight is 149 g/mol. The van der Waals surface area contributed by atoms with Crippen LogP contribution in [0.3, 0.4) is 0 Å². The van der Waals surface area contributed by atoms with Crippen molar-refractivity contribution in [1.82, 2.24) is 0 Å². The minimum atomic E-state index is -3.87. The molecule has 1 N–H and O–H groups in total. The van der Waals surface area contributed by atoms with Crippen LogP contribution in [0, 0.1) is 23.2 Å². The Kier molecular flexibility index (Phi) is 2.73. The van der Waals surface area contributed by atoms with Gasteiger partial charge in [0, 0.05) is 0 Å². The molecule has 0 radical (unpaired) electrons. The molecule has 0 aromatic heterocycles. The van der Waals surface area contributed by atoms with Crippen LogP contribution in [-0.4, -0.2) is 11.2 Å². The molecule has 0 spiro atoms. The van der Waals surface area contributed by atoms with Crippen molar-refractivity contribution in [2.75, 3.05) is 0 Å². The highest BCUT2D eigenvalue weighted by Crippen LogP contribution is 2.26. The molecule has 0 rings (SSSR count). The summed E-state index contributed by atoms with van der Waals surface area (Å²) in [4.78, 5) is 0. The maximum absolute atomic E-state index is 12.0. The van der Waals surface area contributed by atoms with Crippen LogP contribution in [-0.2, 0) is 0 Å². The number of hydrogen-bond acceptors (Lipinski definition) is 2. The van der Waals surface area contributed by atoms with E-state index in [2.05, 4.69) is 0 Å². The largest absolute Gasteiger partial charge is 0.369 e. The van der Waals surface area contributed by atoms with E-state index in [1.54, 1.807) is 0 Å². The quantitative estimate of drug-likeness (QED) is 0.644. The van der Waals surface area contributed by atoms with Gasteiger partial charge in [-0.3, -0.25) is 0 Å². The third-order valence-corrected chi connectivity index (χ3v) is 1.18. The van der Waals surface area contributed by atoms with Crippen LogP contribution in [0.2, 0.25) is 0 Å². The lowest BCUT2D eigenvalue weighted by atomic mass is 9.97. The highest BCUT2D eigenvalue weighted by Gasteiger charge is 2.39. The van der Waals surface area contributed by atoms with Crippen LogP contribution in [0.25, 0.3) is 0 Å². The Labute approximate surface area is 58.1 Å². The molecule has 0 saturated heterocycles. The van der Waals surface area contributed by atoms with Gasteiger partial charge in [0.1, 0.15) is 5.92 Å². The Bertz CT molecular complexity index is 145. The van der Waals surface area contributed by atoms with Gasteiger partial charge in [-0.2, -0.15) is 14.0 Å². The SMILES string of the molecule is CC(C)C(C#N)C(O)(F)F. The third kappa shape index (κ3) is 2.28. The second-order valence-corrected chi connectivity index (χ2v) is 2.44. The first-order valence-corrected chi connectivity index (χ1v) is 2.89. The van der Waals surface area contributed by atoms with E-state index in [-0.39, 0.29) is 0 Å². The fraction of sp³-hybridized carbons (Fsp3) is 0.833. The van der Waals surface area contributed by atoms with E-state index in [0.29, 0.717) is 0 Å². The van der Waals surface area contributed by atoms with Gasteiger partial charge in [-0.25, -0.2) is 0 Å². The van der Waals surface area contributed by atoms with Crippen molar-refractivity contribution >= 4 is 0 Å². The van der Waals surface area contributed by atoms with Crippen LogP contribution in [0.15, 0.2) is 0 Å². The molecule has 4 heteroatoms. The maximum Gasteiger partial charge on any atom is 0.369 e. The zero-order chi connectivity index (χ0) is 8.36. The number of nitrogens with zero attached hydrogens (tertiary/aromatic N) is 1. The van der Waals surface area contributed by atoms with Crippen molar-refractivity contribution in [3.05, 3.63) is 0 Å². The molecule has 0 heterocycles. The maximum atomic E-state index is 12.0. The molecule has 0 aliphatic heterocycles. The van der Waals surface area contributed by atoms with Gasteiger partial charge in [-0.05, 0) is 5.92 Å². The molecule has 1 unspecified atom stereocenters. The van der Waals surface area contributed by atoms with Crippen LogP contribution >= 0.6 is 0 Å². The van der Waals surface area contributed by atoms with Gasteiger partial charge < -0.3 is 5.11 Å². The minimum Gasteiger partial charge on any atom is -0.335 e. The number of alkyl halides is 2. The smallest absolute Gasteiger partial charge is 0.335 e. The summed E-state index contributed by atoms with van der Waals surface area (Å²) in [6.45, 7) is 2.91. The van der Waals surface area contributed by atoms with Crippen molar-refractivity contribution in [2.45, 2.75) is 20.0 Å². The highest BCUT2D eigenvalue weighted by atomic mass is 19.3. The summed E-state index contributed by atoms with van der Waals surface area (Å²) in [7, 11) is 0. The molecule has 0 saturated carbocycles. The first kappa shape index (κ1) is 9.31. The number of nitriles is 1. The average Bonchev–Trinajstić information content (AvgIpc) is 1.60. The molecule has 1 atom stereocenters. The molecule has 10 heavy (non-hydrogen) atoms. The fourth-order valence-corrected chi connectivity index (χ4v) is 0.628. The topological polar surface area (TPSA) is 44.0 Å². The van der Waals surface area contributed by atoms with E-state index in [1.807, 2.05) is 0 Å². The standard InChI is InChI=1S/C6H9F2NO/c1-4(2)5(3-9)6(7,8)10/h4-5,10H,1-2H3. The van der Waals surface area contributed by atoms with Gasteiger partial charge in [0.25, 0.3) is 0 Å². The van der Waals surface area contributed by atoms with Gasteiger partial charge in [0.2, 0.25) is 0 Å². The van der Waals surface area contributed by atoms with Crippen LogP contribution < -0.4 is 0 Å². The van der Waals surface area contributed by atoms with Crippen molar-refractivity contribution in [3.8, 4) is 6.07 Å². The van der Waals surface area contributed by atoms with E-state index in [1.165, 1.54) is 19.9 Å². The normalized spacial score (nSPS) is 14.9. The molecular formula is C6H9F2NO. The number of aliphatic hydroxyl groups is 1. The molecule has 0 aromatic rings. The zero-order valence-corrected chi connectivity index (χ0v) is 5.81. The minimum absolute atomic E-state index is 0.537. The summed E-state index contributed by atoms with van der Waals surface area (Å²) >= 11 is 0. The van der Waals surface area contributed by atoms with Crippen molar-refractivity contribution in [1.29, 1.82) is 5.26 Å². The van der Waals surface area contributed by atoms with E-state index >= 15 is 0 Å². The number of hydrogen-bond donors (Lipinski definition) is 1. The Morgan fingerprint density at radius 1 is 1.50 bits per heavy atom. The summed E-state index contributed by atoms with van der Waals surface area (Å²) < 4.78 is 23.9. The number of rotatable bonds is 2. The predicted octanol–water partition coefficient (Wildman–Crippen LogP) is 1.37. The van der Waals surface area contributed by atoms with Crippen LogP contribution in [0.4, 0.5) is 8.78 Å². The second kappa shape index (κ2) is 2.93. The van der Waals surface area contributed by atoms with E-state index in [0.717, 1.165) is 0 Å². The Hall–Kier alpha value is -0.690. The lowest BCUT2D eigenvalue weighted by molar-refractivity contribution is -0.231. The summed E-state index contributed by atoms with van der Waals surface area (Å²) in [5.41, 5.74) is 0. The molecular weight excluding hydrogens is 140 g/mol. The molecule has 0 amide bonds. The first-order valence-electron chi connectivity index (χ1n) is 2.89. The summed E-state index contributed by atoms with van der Waals surface area (Å²) in [6.07, 6.45) is -3.87. The van der Waals surface area contributed by atoms with Gasteiger partial charge in [-0.1, -0.05) is 13.8 Å². The van der Waals surface area contributed by atoms with Crippen molar-refractivity contribution in [3.63, 3.8) is 0 Å². The number of halogens is 2. The van der Waals surface area contributed by atoms with Crippen molar-refractivity contribution in [2.24, 2.45) is 11.8 Å². The molecule has 58 valence electrons. The first-order chi connectivity index (χ1) is 4.39. The van der Waals surface area contributed by atoms with Crippen LogP contribution in [0.1, 0.15) is 13.8 Å². The Morgan fingerprint density at radius 2 is 1.90 bits per heavy atom. The molecule has 0 bridgehead atoms. The van der Waals surface area contributed by atoms with E-state index < -0.39 is 17.9 Å². The summed E-state index contributed by atoms with van der Waals surface area (Å²) in [6, 6.07) is 1.34. The third-order valence-electron chi connectivity index (χ3n) is 1.18. The van der Waals surface area contributed by atoms with Crippen LogP contribution in [0.5, 0.6) is 0 Å². The van der Waals surface area contributed by atoms with Gasteiger partial charge in [0.15, 0.2) is 0 Å². The van der Waals surface area contributed by atoms with Gasteiger partial charge >= 0.3 is 6.11 Å². The molecule has 0 fully saturated rings. The van der Waals surface area contributed by atoms with Gasteiger partial charge in [-0.15, -0.1) is 0 Å². The fourth-order valence-electron chi connectivity index (χ4n) is 0.628. The second-order valence-electron chi connectivity index (χ2n) is 2.44. The molecule has 0 aliphatic rings. The lowest BCUT2D eigenvalue weighted by Crippen LogP contribution is -2.30. The van der Waals surface area contributed by atoms with E-state index in [9.17, 15) is 8.78 Å². The summed E-state index contributed by atoms with van der Waals surface area (Å²) in [5.74, 6) is -2.14. The highest BCUT2D eigenvalue weighted by molar-refractivity contribution is 4.89. The van der Waals surface area contributed by atoms with E-state index in [4.69, 9.17) is 10.4 Å². The molecule has 0 aromatic carbocycles. The van der Waals surface area contributed by atoms with Crippen molar-refractivity contribution < 1.29 is 13.9 Å². The predicted molar refractivity (Wildman–Crippen MR) is 31.1 cm³/mol. The Morgan fingerprint density at radius 3 is 1.90 bits per heavy atom. The van der Waals surface area contributed by atoms with Gasteiger partial charge in [0.05, 0.1) is 6.07 Å². The summed E-state index contributed by atoms with van der Waals surface area (Å²) in [5, 5.41) is 16.2. The Balaban J connectivity index is 4.26. The monoisotopic (exact) mass is 149 g/mol.